The zero-order chi connectivity index (χ0) is 12.4. The Morgan fingerprint density at radius 1 is 1.61 bits per heavy atom. The van der Waals surface area contributed by atoms with Gasteiger partial charge < -0.3 is 10.2 Å². The van der Waals surface area contributed by atoms with Gasteiger partial charge in [0, 0.05) is 30.9 Å². The van der Waals surface area contributed by atoms with E-state index in [2.05, 4.69) is 44.4 Å². The Bertz CT molecular complexity index is 469. The Hall–Kier alpha value is -0.910. The zero-order valence-corrected chi connectivity index (χ0v) is 11.6. The van der Waals surface area contributed by atoms with Gasteiger partial charge in [0.25, 0.3) is 0 Å². The van der Waals surface area contributed by atoms with Crippen LogP contribution in [0.4, 0.5) is 0 Å². The van der Waals surface area contributed by atoms with Gasteiger partial charge in [-0.05, 0) is 38.9 Å². The average molecular weight is 264 g/mol. The normalized spacial score (nSPS) is 20.9. The van der Waals surface area contributed by atoms with Crippen LogP contribution in [0.1, 0.15) is 18.5 Å². The van der Waals surface area contributed by atoms with Crippen molar-refractivity contribution in [3.63, 3.8) is 0 Å². The van der Waals surface area contributed by atoms with Crippen molar-refractivity contribution in [2.45, 2.75) is 19.4 Å². The third-order valence-corrected chi connectivity index (χ3v) is 4.31. The lowest BCUT2D eigenvalue weighted by atomic mass is 9.99. The minimum absolute atomic E-state index is 0.799. The predicted octanol–water partition coefficient (Wildman–Crippen LogP) is 1.83. The van der Waals surface area contributed by atoms with Crippen LogP contribution in [0.5, 0.6) is 0 Å². The molecule has 1 saturated heterocycles. The Balaban J connectivity index is 1.56. The molecule has 1 aliphatic heterocycles. The van der Waals surface area contributed by atoms with Gasteiger partial charge in [0.1, 0.15) is 0 Å². The first-order valence-corrected chi connectivity index (χ1v) is 7.49. The summed E-state index contributed by atoms with van der Waals surface area (Å²) in [6, 6.07) is 0. The highest BCUT2D eigenvalue weighted by atomic mass is 32.1. The topological polar surface area (TPSA) is 32.6 Å². The van der Waals surface area contributed by atoms with Crippen LogP contribution in [0, 0.1) is 5.92 Å². The summed E-state index contributed by atoms with van der Waals surface area (Å²) in [7, 11) is 2.20. The predicted molar refractivity (Wildman–Crippen MR) is 75.0 cm³/mol. The maximum absolute atomic E-state index is 4.63. The number of rotatable bonds is 4. The first-order valence-electron chi connectivity index (χ1n) is 6.61. The van der Waals surface area contributed by atoms with Crippen molar-refractivity contribution in [1.29, 1.82) is 0 Å². The zero-order valence-electron chi connectivity index (χ0n) is 10.8. The lowest BCUT2D eigenvalue weighted by molar-refractivity contribution is 0.236. The van der Waals surface area contributed by atoms with Gasteiger partial charge in [-0.2, -0.15) is 0 Å². The molecule has 1 unspecified atom stereocenters. The van der Waals surface area contributed by atoms with E-state index in [0.29, 0.717) is 0 Å². The van der Waals surface area contributed by atoms with Crippen LogP contribution in [0.25, 0.3) is 4.96 Å². The second-order valence-electron chi connectivity index (χ2n) is 5.23. The molecule has 3 rings (SSSR count). The molecule has 5 heteroatoms. The van der Waals surface area contributed by atoms with E-state index in [9.17, 15) is 0 Å². The Labute approximate surface area is 112 Å². The van der Waals surface area contributed by atoms with E-state index in [1.807, 2.05) is 0 Å². The molecule has 0 spiro atoms. The van der Waals surface area contributed by atoms with Crippen molar-refractivity contribution in [3.05, 3.63) is 23.5 Å². The van der Waals surface area contributed by atoms with Crippen molar-refractivity contribution in [1.82, 2.24) is 19.6 Å². The van der Waals surface area contributed by atoms with Crippen molar-refractivity contribution >= 4 is 16.3 Å². The Kier molecular flexibility index (Phi) is 3.63. The van der Waals surface area contributed by atoms with Gasteiger partial charge >= 0.3 is 0 Å². The molecular weight excluding hydrogens is 244 g/mol. The van der Waals surface area contributed by atoms with E-state index in [4.69, 9.17) is 0 Å². The van der Waals surface area contributed by atoms with E-state index in [1.54, 1.807) is 11.3 Å². The first-order chi connectivity index (χ1) is 8.81. The van der Waals surface area contributed by atoms with Crippen LogP contribution in [-0.2, 0) is 6.54 Å². The molecule has 0 saturated carbocycles. The number of thiazole rings is 1. The number of nitrogens with one attached hydrogen (secondary N) is 1. The fraction of sp³-hybridized carbons (Fsp3) is 0.615. The molecule has 0 amide bonds. The maximum Gasteiger partial charge on any atom is 0.193 e. The number of aromatic nitrogens is 2. The van der Waals surface area contributed by atoms with E-state index < -0.39 is 0 Å². The maximum atomic E-state index is 4.63. The summed E-state index contributed by atoms with van der Waals surface area (Å²) >= 11 is 1.69. The highest BCUT2D eigenvalue weighted by Crippen LogP contribution is 2.15. The third kappa shape index (κ3) is 2.74. The standard InChI is InChI=1S/C13H20N4S/c1-16(8-11-3-2-4-14-7-11)9-12-10-17-5-6-18-13(17)15-12/h5-6,10-11,14H,2-4,7-9H2,1H3. The molecule has 0 bridgehead atoms. The van der Waals surface area contributed by atoms with Crippen molar-refractivity contribution in [3.8, 4) is 0 Å². The van der Waals surface area contributed by atoms with Crippen LogP contribution >= 0.6 is 11.3 Å². The van der Waals surface area contributed by atoms with E-state index in [1.165, 1.54) is 31.6 Å². The summed E-state index contributed by atoms with van der Waals surface area (Å²) < 4.78 is 2.11. The van der Waals surface area contributed by atoms with E-state index in [0.717, 1.165) is 24.0 Å². The summed E-state index contributed by atoms with van der Waals surface area (Å²) in [5.41, 5.74) is 1.17. The molecule has 0 aliphatic carbocycles. The summed E-state index contributed by atoms with van der Waals surface area (Å²) in [6.45, 7) is 4.48. The fourth-order valence-electron chi connectivity index (χ4n) is 2.71. The number of imidazole rings is 1. The third-order valence-electron chi connectivity index (χ3n) is 3.54. The van der Waals surface area contributed by atoms with Crippen LogP contribution in [0.15, 0.2) is 17.8 Å². The lowest BCUT2D eigenvalue weighted by Gasteiger charge is -2.27. The summed E-state index contributed by atoms with van der Waals surface area (Å²) in [5.74, 6) is 0.799. The average Bonchev–Trinajstić information content (AvgIpc) is 2.90. The van der Waals surface area contributed by atoms with Crippen LogP contribution < -0.4 is 5.32 Å². The fourth-order valence-corrected chi connectivity index (χ4v) is 3.43. The van der Waals surface area contributed by atoms with Crippen molar-refractivity contribution < 1.29 is 0 Å². The number of fused-ring (bicyclic) bond motifs is 1. The molecule has 2 aromatic heterocycles. The van der Waals surface area contributed by atoms with Crippen LogP contribution in [-0.4, -0.2) is 41.0 Å². The summed E-state index contributed by atoms with van der Waals surface area (Å²) in [4.78, 5) is 8.12. The molecule has 0 aromatic carbocycles. The highest BCUT2D eigenvalue weighted by Gasteiger charge is 2.15. The second-order valence-corrected chi connectivity index (χ2v) is 6.11. The van der Waals surface area contributed by atoms with Gasteiger partial charge in [-0.3, -0.25) is 4.40 Å². The van der Waals surface area contributed by atoms with Crippen LogP contribution in [0.2, 0.25) is 0 Å². The molecular formula is C13H20N4S. The number of piperidine rings is 1. The van der Waals surface area contributed by atoms with Gasteiger partial charge in [-0.25, -0.2) is 4.98 Å². The molecule has 0 radical (unpaired) electrons. The molecule has 1 fully saturated rings. The van der Waals surface area contributed by atoms with Gasteiger partial charge in [0.15, 0.2) is 4.96 Å². The largest absolute Gasteiger partial charge is 0.316 e. The molecule has 4 nitrogen and oxygen atoms in total. The Morgan fingerprint density at radius 3 is 3.33 bits per heavy atom. The Morgan fingerprint density at radius 2 is 2.56 bits per heavy atom. The molecule has 1 aliphatic rings. The van der Waals surface area contributed by atoms with Crippen molar-refractivity contribution in [2.24, 2.45) is 5.92 Å². The van der Waals surface area contributed by atoms with Gasteiger partial charge in [-0.1, -0.05) is 0 Å². The smallest absolute Gasteiger partial charge is 0.193 e. The van der Waals surface area contributed by atoms with Gasteiger partial charge in [0.05, 0.1) is 5.69 Å². The molecule has 3 heterocycles. The molecule has 98 valence electrons. The lowest BCUT2D eigenvalue weighted by Crippen LogP contribution is -2.36. The summed E-state index contributed by atoms with van der Waals surface area (Å²) in [5, 5.41) is 5.55. The molecule has 1 N–H and O–H groups in total. The van der Waals surface area contributed by atoms with E-state index in [-0.39, 0.29) is 0 Å². The first kappa shape index (κ1) is 12.1. The highest BCUT2D eigenvalue weighted by molar-refractivity contribution is 7.15. The van der Waals surface area contributed by atoms with E-state index >= 15 is 0 Å². The SMILES string of the molecule is CN(Cc1cn2ccsc2n1)CC1CCCNC1. The van der Waals surface area contributed by atoms with Gasteiger partial charge in [0.2, 0.25) is 0 Å². The molecule has 1 atom stereocenters. The number of hydrogen-bond donors (Lipinski definition) is 1. The summed E-state index contributed by atoms with van der Waals surface area (Å²) in [6.07, 6.45) is 6.89. The number of hydrogen-bond acceptors (Lipinski definition) is 4. The quantitative estimate of drug-likeness (QED) is 0.914. The molecule has 18 heavy (non-hydrogen) atoms. The monoisotopic (exact) mass is 264 g/mol. The number of nitrogens with zero attached hydrogens (tertiary/aromatic N) is 3. The van der Waals surface area contributed by atoms with Crippen LogP contribution in [0.3, 0.4) is 0 Å². The van der Waals surface area contributed by atoms with Crippen molar-refractivity contribution in [2.75, 3.05) is 26.7 Å². The second kappa shape index (κ2) is 5.38. The minimum atomic E-state index is 0.799. The van der Waals surface area contributed by atoms with Gasteiger partial charge in [-0.15, -0.1) is 11.3 Å². The molecule has 2 aromatic rings. The minimum Gasteiger partial charge on any atom is -0.316 e.